The number of nitrogens with zero attached hydrogens (tertiary/aromatic N) is 2. The lowest BCUT2D eigenvalue weighted by molar-refractivity contribution is -0.117. The van der Waals surface area contributed by atoms with Crippen LogP contribution in [-0.2, 0) is 9.59 Å². The summed E-state index contributed by atoms with van der Waals surface area (Å²) in [6.45, 7) is 3.36. The molecule has 0 aliphatic carbocycles. The maximum absolute atomic E-state index is 12.2. The standard InChI is InChI=1S/C22H22N4O2/c1-16(19-7-6-8-20(13-19)25-17(2)27)24-22(28)12-11-18-14-23-26(15-18)21-9-4-3-5-10-21/h3-16H,1-2H3,(H,24,28)(H,25,27)/b12-11+. The number of carbonyl (C=O) groups is 2. The summed E-state index contributed by atoms with van der Waals surface area (Å²) in [6.07, 6.45) is 6.78. The molecule has 6 nitrogen and oxygen atoms in total. The van der Waals surface area contributed by atoms with Crippen molar-refractivity contribution in [1.29, 1.82) is 0 Å². The summed E-state index contributed by atoms with van der Waals surface area (Å²) in [6, 6.07) is 17.0. The maximum Gasteiger partial charge on any atom is 0.244 e. The smallest absolute Gasteiger partial charge is 0.244 e. The number of amides is 2. The van der Waals surface area contributed by atoms with Crippen LogP contribution in [0.4, 0.5) is 5.69 Å². The lowest BCUT2D eigenvalue weighted by Gasteiger charge is -2.14. The molecule has 2 N–H and O–H groups in total. The minimum Gasteiger partial charge on any atom is -0.346 e. The van der Waals surface area contributed by atoms with Crippen LogP contribution in [-0.4, -0.2) is 21.6 Å². The SMILES string of the molecule is CC(=O)Nc1cccc(C(C)NC(=O)/C=C/c2cnn(-c3ccccc3)c2)c1. The Morgan fingerprint density at radius 1 is 1.11 bits per heavy atom. The zero-order chi connectivity index (χ0) is 19.9. The lowest BCUT2D eigenvalue weighted by atomic mass is 10.1. The highest BCUT2D eigenvalue weighted by Crippen LogP contribution is 2.17. The molecule has 0 aliphatic heterocycles. The van der Waals surface area contributed by atoms with E-state index in [0.29, 0.717) is 5.69 Å². The third kappa shape index (κ3) is 5.17. The van der Waals surface area contributed by atoms with Crippen LogP contribution in [0.15, 0.2) is 73.1 Å². The number of anilines is 1. The summed E-state index contributed by atoms with van der Waals surface area (Å²) >= 11 is 0. The summed E-state index contributed by atoms with van der Waals surface area (Å²) < 4.78 is 1.76. The Morgan fingerprint density at radius 2 is 1.89 bits per heavy atom. The Morgan fingerprint density at radius 3 is 2.64 bits per heavy atom. The number of benzene rings is 2. The number of hydrogen-bond donors (Lipinski definition) is 2. The van der Waals surface area contributed by atoms with E-state index < -0.39 is 0 Å². The van der Waals surface area contributed by atoms with E-state index in [1.165, 1.54) is 13.0 Å². The second-order valence-electron chi connectivity index (χ2n) is 6.42. The van der Waals surface area contributed by atoms with Gasteiger partial charge in [0.05, 0.1) is 17.9 Å². The molecule has 0 aliphatic rings. The van der Waals surface area contributed by atoms with Gasteiger partial charge in [0, 0.05) is 30.4 Å². The van der Waals surface area contributed by atoms with E-state index in [1.54, 1.807) is 17.0 Å². The number of rotatable bonds is 6. The van der Waals surface area contributed by atoms with Crippen LogP contribution in [0, 0.1) is 0 Å². The Kier molecular flexibility index (Phi) is 6.01. The summed E-state index contributed by atoms with van der Waals surface area (Å²) in [4.78, 5) is 23.4. The molecule has 0 radical (unpaired) electrons. The van der Waals surface area contributed by atoms with Crippen molar-refractivity contribution in [1.82, 2.24) is 15.1 Å². The van der Waals surface area contributed by atoms with Gasteiger partial charge in [-0.2, -0.15) is 5.10 Å². The molecule has 1 aromatic heterocycles. The molecule has 1 atom stereocenters. The topological polar surface area (TPSA) is 76.0 Å². The first-order valence-electron chi connectivity index (χ1n) is 8.97. The quantitative estimate of drug-likeness (QED) is 0.646. The average molecular weight is 374 g/mol. The molecule has 6 heteroatoms. The molecule has 28 heavy (non-hydrogen) atoms. The van der Waals surface area contributed by atoms with Gasteiger partial charge in [-0.15, -0.1) is 0 Å². The lowest BCUT2D eigenvalue weighted by Crippen LogP contribution is -2.24. The predicted octanol–water partition coefficient (Wildman–Crippen LogP) is 3.72. The van der Waals surface area contributed by atoms with E-state index in [2.05, 4.69) is 15.7 Å². The molecule has 3 aromatic rings. The van der Waals surface area contributed by atoms with Gasteiger partial charge in [-0.05, 0) is 42.8 Å². The molecule has 1 heterocycles. The molecular weight excluding hydrogens is 352 g/mol. The molecule has 0 saturated heterocycles. The number of para-hydroxylation sites is 1. The average Bonchev–Trinajstić information content (AvgIpc) is 3.16. The molecule has 3 rings (SSSR count). The van der Waals surface area contributed by atoms with Gasteiger partial charge in [0.1, 0.15) is 0 Å². The summed E-state index contributed by atoms with van der Waals surface area (Å²) in [7, 11) is 0. The van der Waals surface area contributed by atoms with Gasteiger partial charge in [0.2, 0.25) is 11.8 Å². The van der Waals surface area contributed by atoms with E-state index in [1.807, 2.05) is 67.7 Å². The fraction of sp³-hybridized carbons (Fsp3) is 0.136. The van der Waals surface area contributed by atoms with Crippen molar-refractivity contribution in [2.45, 2.75) is 19.9 Å². The third-order valence-electron chi connectivity index (χ3n) is 4.12. The number of hydrogen-bond acceptors (Lipinski definition) is 3. The minimum absolute atomic E-state index is 0.132. The van der Waals surface area contributed by atoms with E-state index >= 15 is 0 Å². The van der Waals surface area contributed by atoms with Crippen LogP contribution in [0.25, 0.3) is 11.8 Å². The highest BCUT2D eigenvalue weighted by molar-refractivity contribution is 5.92. The van der Waals surface area contributed by atoms with E-state index in [-0.39, 0.29) is 17.9 Å². The van der Waals surface area contributed by atoms with Crippen molar-refractivity contribution in [2.75, 3.05) is 5.32 Å². The van der Waals surface area contributed by atoms with Crippen molar-refractivity contribution in [3.63, 3.8) is 0 Å². The minimum atomic E-state index is -0.204. The largest absolute Gasteiger partial charge is 0.346 e. The van der Waals surface area contributed by atoms with Crippen LogP contribution >= 0.6 is 0 Å². The van der Waals surface area contributed by atoms with E-state index in [0.717, 1.165) is 16.8 Å². The van der Waals surface area contributed by atoms with Gasteiger partial charge >= 0.3 is 0 Å². The molecule has 2 amide bonds. The first-order valence-corrected chi connectivity index (χ1v) is 8.97. The summed E-state index contributed by atoms with van der Waals surface area (Å²) in [5.41, 5.74) is 3.40. The molecule has 142 valence electrons. The first kappa shape index (κ1) is 19.1. The zero-order valence-electron chi connectivity index (χ0n) is 15.8. The second-order valence-corrected chi connectivity index (χ2v) is 6.42. The molecule has 0 bridgehead atoms. The van der Waals surface area contributed by atoms with E-state index in [9.17, 15) is 9.59 Å². The number of nitrogens with one attached hydrogen (secondary N) is 2. The molecule has 1 unspecified atom stereocenters. The van der Waals surface area contributed by atoms with Crippen LogP contribution in [0.2, 0.25) is 0 Å². The molecular formula is C22H22N4O2. The van der Waals surface area contributed by atoms with Crippen molar-refractivity contribution in [3.8, 4) is 5.69 Å². The Hall–Kier alpha value is -3.67. The van der Waals surface area contributed by atoms with Gasteiger partial charge < -0.3 is 10.6 Å². The van der Waals surface area contributed by atoms with Crippen LogP contribution in [0.3, 0.4) is 0 Å². The van der Waals surface area contributed by atoms with Gasteiger partial charge in [-0.3, -0.25) is 9.59 Å². The molecule has 0 fully saturated rings. The van der Waals surface area contributed by atoms with Gasteiger partial charge in [-0.25, -0.2) is 4.68 Å². The molecule has 2 aromatic carbocycles. The second kappa shape index (κ2) is 8.81. The highest BCUT2D eigenvalue weighted by atomic mass is 16.2. The van der Waals surface area contributed by atoms with Crippen LogP contribution in [0.1, 0.15) is 31.0 Å². The number of carbonyl (C=O) groups excluding carboxylic acids is 2. The normalized spacial score (nSPS) is 11.9. The van der Waals surface area contributed by atoms with E-state index in [4.69, 9.17) is 0 Å². The Balaban J connectivity index is 1.61. The summed E-state index contributed by atoms with van der Waals surface area (Å²) in [5.74, 6) is -0.335. The first-order chi connectivity index (χ1) is 13.5. The van der Waals surface area contributed by atoms with Crippen molar-refractivity contribution < 1.29 is 9.59 Å². The van der Waals surface area contributed by atoms with Crippen LogP contribution < -0.4 is 10.6 Å². The van der Waals surface area contributed by atoms with Crippen molar-refractivity contribution in [2.24, 2.45) is 0 Å². The van der Waals surface area contributed by atoms with Gasteiger partial charge in [0.25, 0.3) is 0 Å². The Labute approximate surface area is 163 Å². The van der Waals surface area contributed by atoms with Gasteiger partial charge in [0.15, 0.2) is 0 Å². The Bertz CT molecular complexity index is 993. The fourth-order valence-corrected chi connectivity index (χ4v) is 2.75. The molecule has 0 saturated carbocycles. The third-order valence-corrected chi connectivity index (χ3v) is 4.12. The monoisotopic (exact) mass is 374 g/mol. The van der Waals surface area contributed by atoms with Gasteiger partial charge in [-0.1, -0.05) is 30.3 Å². The van der Waals surface area contributed by atoms with Crippen LogP contribution in [0.5, 0.6) is 0 Å². The maximum atomic E-state index is 12.2. The number of aromatic nitrogens is 2. The predicted molar refractivity (Wildman–Crippen MR) is 110 cm³/mol. The van der Waals surface area contributed by atoms with Crippen molar-refractivity contribution in [3.05, 3.63) is 84.2 Å². The van der Waals surface area contributed by atoms with Crippen molar-refractivity contribution >= 4 is 23.6 Å². The molecule has 0 spiro atoms. The summed E-state index contributed by atoms with van der Waals surface area (Å²) in [5, 5.41) is 9.97. The fourth-order valence-electron chi connectivity index (χ4n) is 2.75. The zero-order valence-corrected chi connectivity index (χ0v) is 15.8. The highest BCUT2D eigenvalue weighted by Gasteiger charge is 2.09.